The second-order valence-electron chi connectivity index (χ2n) is 5.92. The Morgan fingerprint density at radius 1 is 1.45 bits per heavy atom. The molecule has 1 aliphatic carbocycles. The zero-order valence-corrected chi connectivity index (χ0v) is 12.3. The van der Waals surface area contributed by atoms with E-state index in [9.17, 15) is 0 Å². The van der Waals surface area contributed by atoms with Crippen LogP contribution < -0.4 is 15.4 Å². The Bertz CT molecular complexity index is 528. The molecule has 0 radical (unpaired) electrons. The first kappa shape index (κ1) is 13.3. The van der Waals surface area contributed by atoms with Crippen LogP contribution in [0.4, 0.5) is 5.69 Å². The van der Waals surface area contributed by atoms with Gasteiger partial charge in [-0.1, -0.05) is 25.5 Å². The molecular weight excluding hydrogens is 250 g/mol. The number of hydrogen-bond donors (Lipinski definition) is 1. The Labute approximate surface area is 120 Å². The van der Waals surface area contributed by atoms with Gasteiger partial charge in [-0.3, -0.25) is 4.99 Å². The summed E-state index contributed by atoms with van der Waals surface area (Å²) in [6, 6.07) is 8.08. The fourth-order valence-electron chi connectivity index (χ4n) is 3.72. The van der Waals surface area contributed by atoms with Gasteiger partial charge in [0, 0.05) is 0 Å². The van der Waals surface area contributed by atoms with Crippen LogP contribution in [0.2, 0.25) is 0 Å². The highest BCUT2D eigenvalue weighted by atomic mass is 16.5. The van der Waals surface area contributed by atoms with Gasteiger partial charge in [0.15, 0.2) is 5.96 Å². The summed E-state index contributed by atoms with van der Waals surface area (Å²) in [6.45, 7) is 3.09. The maximum atomic E-state index is 6.20. The molecule has 1 aromatic rings. The van der Waals surface area contributed by atoms with E-state index in [0.717, 1.165) is 30.3 Å². The van der Waals surface area contributed by atoms with Gasteiger partial charge < -0.3 is 15.4 Å². The van der Waals surface area contributed by atoms with Crippen molar-refractivity contribution in [3.63, 3.8) is 0 Å². The van der Waals surface area contributed by atoms with Crippen molar-refractivity contribution < 1.29 is 4.74 Å². The third-order valence-corrected chi connectivity index (χ3v) is 4.83. The first-order valence-corrected chi connectivity index (χ1v) is 7.43. The van der Waals surface area contributed by atoms with Crippen molar-refractivity contribution in [3.8, 4) is 5.75 Å². The predicted octanol–water partition coefficient (Wildman–Crippen LogP) is 2.78. The van der Waals surface area contributed by atoms with E-state index in [0.29, 0.717) is 5.96 Å². The molecule has 0 bridgehead atoms. The first-order valence-electron chi connectivity index (χ1n) is 7.43. The summed E-state index contributed by atoms with van der Waals surface area (Å²) in [5.41, 5.74) is 7.31. The van der Waals surface area contributed by atoms with Gasteiger partial charge in [-0.15, -0.1) is 0 Å². The molecule has 1 heterocycles. The highest BCUT2D eigenvalue weighted by molar-refractivity contribution is 5.99. The van der Waals surface area contributed by atoms with Gasteiger partial charge in [0.25, 0.3) is 0 Å². The van der Waals surface area contributed by atoms with Crippen molar-refractivity contribution in [1.29, 1.82) is 0 Å². The predicted molar refractivity (Wildman–Crippen MR) is 82.3 cm³/mol. The maximum Gasteiger partial charge on any atom is 0.196 e. The number of guanidine groups is 1. The molecule has 1 fully saturated rings. The third-order valence-electron chi connectivity index (χ3n) is 4.83. The molecule has 108 valence electrons. The van der Waals surface area contributed by atoms with E-state index in [-0.39, 0.29) is 5.54 Å². The minimum absolute atomic E-state index is 0.0688. The van der Waals surface area contributed by atoms with Crippen molar-refractivity contribution in [2.75, 3.05) is 18.6 Å². The van der Waals surface area contributed by atoms with E-state index in [1.807, 2.05) is 18.2 Å². The van der Waals surface area contributed by atoms with Crippen molar-refractivity contribution in [1.82, 2.24) is 0 Å². The molecule has 1 saturated carbocycles. The number of anilines is 1. The Morgan fingerprint density at radius 2 is 2.25 bits per heavy atom. The molecule has 2 aliphatic rings. The van der Waals surface area contributed by atoms with Crippen molar-refractivity contribution in [3.05, 3.63) is 24.3 Å². The number of benzene rings is 1. The van der Waals surface area contributed by atoms with Crippen LogP contribution >= 0.6 is 0 Å². The molecule has 2 N–H and O–H groups in total. The molecule has 1 spiro atoms. The monoisotopic (exact) mass is 273 g/mol. The number of methoxy groups -OCH3 is 1. The van der Waals surface area contributed by atoms with Gasteiger partial charge in [-0.05, 0) is 37.3 Å². The smallest absolute Gasteiger partial charge is 0.196 e. The van der Waals surface area contributed by atoms with Crippen LogP contribution in [0.5, 0.6) is 5.75 Å². The maximum absolute atomic E-state index is 6.20. The fraction of sp³-hybridized carbons (Fsp3) is 0.562. The highest BCUT2D eigenvalue weighted by Gasteiger charge is 2.48. The normalized spacial score (nSPS) is 29.0. The summed E-state index contributed by atoms with van der Waals surface area (Å²) in [5, 5.41) is 0. The van der Waals surface area contributed by atoms with Crippen LogP contribution in [0.3, 0.4) is 0 Å². The van der Waals surface area contributed by atoms with E-state index < -0.39 is 0 Å². The Kier molecular flexibility index (Phi) is 3.32. The quantitative estimate of drug-likeness (QED) is 0.921. The molecule has 1 aliphatic heterocycles. The van der Waals surface area contributed by atoms with E-state index in [4.69, 9.17) is 10.5 Å². The summed E-state index contributed by atoms with van der Waals surface area (Å²) >= 11 is 0. The minimum atomic E-state index is 0.0688. The number of hydrogen-bond acceptors (Lipinski definition) is 4. The van der Waals surface area contributed by atoms with Crippen LogP contribution in [0.25, 0.3) is 0 Å². The van der Waals surface area contributed by atoms with Crippen molar-refractivity contribution in [2.45, 2.75) is 38.1 Å². The average molecular weight is 273 g/mol. The van der Waals surface area contributed by atoms with Gasteiger partial charge in [0.2, 0.25) is 0 Å². The molecule has 0 aromatic heterocycles. The van der Waals surface area contributed by atoms with Crippen molar-refractivity contribution >= 4 is 11.6 Å². The molecule has 0 saturated heterocycles. The van der Waals surface area contributed by atoms with Gasteiger partial charge in [-0.2, -0.15) is 0 Å². The van der Waals surface area contributed by atoms with Gasteiger partial charge in [0.1, 0.15) is 5.75 Å². The Balaban J connectivity index is 1.99. The fourth-order valence-corrected chi connectivity index (χ4v) is 3.72. The number of rotatable bonds is 3. The molecule has 2 unspecified atom stereocenters. The summed E-state index contributed by atoms with van der Waals surface area (Å²) in [6.07, 6.45) is 4.84. The van der Waals surface area contributed by atoms with E-state index >= 15 is 0 Å². The van der Waals surface area contributed by atoms with E-state index in [2.05, 4.69) is 22.9 Å². The summed E-state index contributed by atoms with van der Waals surface area (Å²) < 4.78 is 5.51. The van der Waals surface area contributed by atoms with Crippen LogP contribution in [0.15, 0.2) is 29.3 Å². The number of ether oxygens (including phenoxy) is 1. The van der Waals surface area contributed by atoms with Crippen LogP contribution in [0.1, 0.15) is 32.6 Å². The molecule has 2 atom stereocenters. The summed E-state index contributed by atoms with van der Waals surface area (Å²) in [5.74, 6) is 2.28. The Hall–Kier alpha value is -1.71. The topological polar surface area (TPSA) is 50.8 Å². The molecule has 4 nitrogen and oxygen atoms in total. The van der Waals surface area contributed by atoms with Gasteiger partial charge >= 0.3 is 0 Å². The SMILES string of the molecule is CCC1CCC2(CN=C(N)N2c2ccccc2OC)C1. The molecule has 4 heteroatoms. The molecule has 1 aromatic carbocycles. The third kappa shape index (κ3) is 1.94. The summed E-state index contributed by atoms with van der Waals surface area (Å²) in [7, 11) is 1.71. The second-order valence-corrected chi connectivity index (χ2v) is 5.92. The van der Waals surface area contributed by atoms with Gasteiger partial charge in [-0.25, -0.2) is 0 Å². The van der Waals surface area contributed by atoms with E-state index in [1.54, 1.807) is 7.11 Å². The number of aliphatic imine (C=N–C) groups is 1. The number of para-hydroxylation sites is 2. The molecular formula is C16H23N3O. The van der Waals surface area contributed by atoms with Crippen LogP contribution in [0, 0.1) is 5.92 Å². The lowest BCUT2D eigenvalue weighted by Gasteiger charge is -2.37. The zero-order valence-electron chi connectivity index (χ0n) is 12.3. The standard InChI is InChI=1S/C16H23N3O/c1-3-12-8-9-16(10-12)11-18-15(17)19(16)13-6-4-5-7-14(13)20-2/h4-7,12H,3,8-11H2,1-2H3,(H2,17,18). The Morgan fingerprint density at radius 3 is 2.95 bits per heavy atom. The average Bonchev–Trinajstić information content (AvgIpc) is 3.04. The summed E-state index contributed by atoms with van der Waals surface area (Å²) in [4.78, 5) is 6.76. The lowest BCUT2D eigenvalue weighted by atomic mass is 9.93. The highest BCUT2D eigenvalue weighted by Crippen LogP contribution is 2.46. The first-order chi connectivity index (χ1) is 9.70. The zero-order chi connectivity index (χ0) is 14.2. The van der Waals surface area contributed by atoms with Crippen LogP contribution in [-0.4, -0.2) is 25.2 Å². The van der Waals surface area contributed by atoms with Gasteiger partial charge in [0.05, 0.1) is 24.9 Å². The minimum Gasteiger partial charge on any atom is -0.495 e. The molecule has 3 rings (SSSR count). The number of nitrogens with two attached hydrogens (primary N) is 1. The lowest BCUT2D eigenvalue weighted by Crippen LogP contribution is -2.50. The second kappa shape index (κ2) is 5.00. The number of nitrogens with zero attached hydrogens (tertiary/aromatic N) is 2. The molecule has 0 amide bonds. The van der Waals surface area contributed by atoms with E-state index in [1.165, 1.54) is 19.3 Å². The van der Waals surface area contributed by atoms with Crippen molar-refractivity contribution in [2.24, 2.45) is 16.6 Å². The lowest BCUT2D eigenvalue weighted by molar-refractivity contribution is 0.403. The molecule has 20 heavy (non-hydrogen) atoms. The largest absolute Gasteiger partial charge is 0.495 e. The van der Waals surface area contributed by atoms with Crippen LogP contribution in [-0.2, 0) is 0 Å².